The van der Waals surface area contributed by atoms with E-state index in [0.29, 0.717) is 25.3 Å². The molecule has 106 valence electrons. The molecule has 2 heterocycles. The SMILES string of the molecule is CO[C@@H]1C[C@H](COc2cccnc2)N(S(C)(=O)=O)C1. The van der Waals surface area contributed by atoms with Gasteiger partial charge in [-0.2, -0.15) is 4.31 Å². The molecule has 1 aromatic heterocycles. The van der Waals surface area contributed by atoms with Crippen LogP contribution in [0.2, 0.25) is 0 Å². The Morgan fingerprint density at radius 1 is 1.53 bits per heavy atom. The van der Waals surface area contributed by atoms with Crippen LogP contribution in [0, 0.1) is 0 Å². The molecular weight excluding hydrogens is 268 g/mol. The van der Waals surface area contributed by atoms with Gasteiger partial charge in [0.05, 0.1) is 24.6 Å². The summed E-state index contributed by atoms with van der Waals surface area (Å²) in [6.45, 7) is 0.690. The van der Waals surface area contributed by atoms with Gasteiger partial charge in [-0.15, -0.1) is 0 Å². The van der Waals surface area contributed by atoms with Crippen molar-refractivity contribution in [1.82, 2.24) is 9.29 Å². The third kappa shape index (κ3) is 3.65. The molecule has 0 bridgehead atoms. The van der Waals surface area contributed by atoms with E-state index in [1.165, 1.54) is 10.6 Å². The minimum atomic E-state index is -3.24. The molecule has 0 saturated carbocycles. The van der Waals surface area contributed by atoms with Gasteiger partial charge in [0.15, 0.2) is 0 Å². The molecule has 1 aromatic rings. The minimum Gasteiger partial charge on any atom is -0.490 e. The molecule has 1 aliphatic rings. The number of rotatable bonds is 5. The van der Waals surface area contributed by atoms with Gasteiger partial charge in [-0.1, -0.05) is 0 Å². The lowest BCUT2D eigenvalue weighted by molar-refractivity contribution is 0.113. The van der Waals surface area contributed by atoms with Crippen molar-refractivity contribution in [3.05, 3.63) is 24.5 Å². The minimum absolute atomic E-state index is 0.0720. The predicted molar refractivity (Wildman–Crippen MR) is 70.5 cm³/mol. The van der Waals surface area contributed by atoms with Crippen LogP contribution < -0.4 is 4.74 Å². The molecule has 0 radical (unpaired) electrons. The first-order valence-electron chi connectivity index (χ1n) is 6.03. The van der Waals surface area contributed by atoms with E-state index in [-0.39, 0.29) is 12.1 Å². The molecule has 19 heavy (non-hydrogen) atoms. The van der Waals surface area contributed by atoms with Gasteiger partial charge < -0.3 is 9.47 Å². The fraction of sp³-hybridized carbons (Fsp3) is 0.583. The lowest BCUT2D eigenvalue weighted by Gasteiger charge is -2.21. The Morgan fingerprint density at radius 2 is 2.32 bits per heavy atom. The Kier molecular flexibility index (Phi) is 4.38. The van der Waals surface area contributed by atoms with Crippen molar-refractivity contribution in [2.24, 2.45) is 0 Å². The topological polar surface area (TPSA) is 68.7 Å². The highest BCUT2D eigenvalue weighted by Crippen LogP contribution is 2.23. The molecular formula is C12H18N2O4S. The summed E-state index contributed by atoms with van der Waals surface area (Å²) in [5.74, 6) is 0.636. The van der Waals surface area contributed by atoms with Crippen molar-refractivity contribution >= 4 is 10.0 Å². The van der Waals surface area contributed by atoms with Crippen LogP contribution in [0.5, 0.6) is 5.75 Å². The van der Waals surface area contributed by atoms with Crippen LogP contribution in [0.4, 0.5) is 0 Å². The van der Waals surface area contributed by atoms with E-state index in [2.05, 4.69) is 4.98 Å². The van der Waals surface area contributed by atoms with Crippen molar-refractivity contribution in [3.8, 4) is 5.75 Å². The third-order valence-corrected chi connectivity index (χ3v) is 4.46. The number of hydrogen-bond acceptors (Lipinski definition) is 5. The Bertz CT molecular complexity index is 506. The molecule has 6 nitrogen and oxygen atoms in total. The average Bonchev–Trinajstić information content (AvgIpc) is 2.81. The zero-order valence-corrected chi connectivity index (χ0v) is 11.8. The fourth-order valence-electron chi connectivity index (χ4n) is 2.20. The molecule has 2 atom stereocenters. The van der Waals surface area contributed by atoms with Crippen molar-refractivity contribution in [2.75, 3.05) is 26.5 Å². The van der Waals surface area contributed by atoms with E-state index in [4.69, 9.17) is 9.47 Å². The number of hydrogen-bond donors (Lipinski definition) is 0. The van der Waals surface area contributed by atoms with E-state index < -0.39 is 10.0 Å². The van der Waals surface area contributed by atoms with Crippen LogP contribution in [0.3, 0.4) is 0 Å². The number of ether oxygens (including phenoxy) is 2. The van der Waals surface area contributed by atoms with Crippen LogP contribution in [0.25, 0.3) is 0 Å². The lowest BCUT2D eigenvalue weighted by Crippen LogP contribution is -2.38. The van der Waals surface area contributed by atoms with E-state index in [1.807, 2.05) is 0 Å². The number of nitrogens with zero attached hydrogens (tertiary/aromatic N) is 2. The summed E-state index contributed by atoms with van der Waals surface area (Å²) in [6.07, 6.45) is 5.04. The first kappa shape index (κ1) is 14.2. The molecule has 1 saturated heterocycles. The van der Waals surface area contributed by atoms with E-state index in [1.54, 1.807) is 31.6 Å². The second kappa shape index (κ2) is 5.85. The van der Waals surface area contributed by atoms with Gasteiger partial charge in [0.2, 0.25) is 10.0 Å². The number of aromatic nitrogens is 1. The quantitative estimate of drug-likeness (QED) is 0.789. The molecule has 0 spiro atoms. The van der Waals surface area contributed by atoms with E-state index in [9.17, 15) is 8.42 Å². The monoisotopic (exact) mass is 286 g/mol. The van der Waals surface area contributed by atoms with Gasteiger partial charge in [0.25, 0.3) is 0 Å². The van der Waals surface area contributed by atoms with Crippen LogP contribution in [0.15, 0.2) is 24.5 Å². The maximum Gasteiger partial charge on any atom is 0.211 e. The van der Waals surface area contributed by atoms with Gasteiger partial charge >= 0.3 is 0 Å². The molecule has 7 heteroatoms. The standard InChI is InChI=1S/C12H18N2O4S/c1-17-12-6-10(14(8-12)19(2,15)16)9-18-11-4-3-5-13-7-11/h3-5,7,10,12H,6,8-9H2,1-2H3/t10-,12-/m1/s1. The second-order valence-corrected chi connectivity index (χ2v) is 6.51. The summed E-state index contributed by atoms with van der Waals surface area (Å²) in [7, 11) is -1.65. The molecule has 0 unspecified atom stereocenters. The van der Waals surface area contributed by atoms with Crippen molar-refractivity contribution < 1.29 is 17.9 Å². The zero-order valence-electron chi connectivity index (χ0n) is 11.0. The smallest absolute Gasteiger partial charge is 0.211 e. The third-order valence-electron chi connectivity index (χ3n) is 3.16. The Labute approximate surface area is 113 Å². The highest BCUT2D eigenvalue weighted by Gasteiger charge is 2.38. The summed E-state index contributed by atoms with van der Waals surface area (Å²) >= 11 is 0. The van der Waals surface area contributed by atoms with Crippen molar-refractivity contribution in [1.29, 1.82) is 0 Å². The highest BCUT2D eigenvalue weighted by molar-refractivity contribution is 7.88. The second-order valence-electron chi connectivity index (χ2n) is 4.58. The lowest BCUT2D eigenvalue weighted by atomic mass is 10.2. The van der Waals surface area contributed by atoms with Crippen LogP contribution in [-0.2, 0) is 14.8 Å². The Hall–Kier alpha value is -1.18. The van der Waals surface area contributed by atoms with E-state index >= 15 is 0 Å². The maximum atomic E-state index is 11.7. The Morgan fingerprint density at radius 3 is 2.89 bits per heavy atom. The average molecular weight is 286 g/mol. The molecule has 0 N–H and O–H groups in total. The van der Waals surface area contributed by atoms with Gasteiger partial charge in [-0.25, -0.2) is 8.42 Å². The molecule has 1 aliphatic heterocycles. The van der Waals surface area contributed by atoms with Crippen molar-refractivity contribution in [3.63, 3.8) is 0 Å². The van der Waals surface area contributed by atoms with E-state index in [0.717, 1.165) is 0 Å². The number of sulfonamides is 1. The molecule has 0 aliphatic carbocycles. The number of pyridine rings is 1. The first-order chi connectivity index (χ1) is 9.00. The summed E-state index contributed by atoms with van der Waals surface area (Å²) in [5, 5.41) is 0. The zero-order chi connectivity index (χ0) is 13.9. The first-order valence-corrected chi connectivity index (χ1v) is 7.88. The van der Waals surface area contributed by atoms with Gasteiger partial charge in [0, 0.05) is 19.9 Å². The molecule has 1 fully saturated rings. The fourth-order valence-corrected chi connectivity index (χ4v) is 3.32. The number of methoxy groups -OCH3 is 1. The maximum absolute atomic E-state index is 11.7. The Balaban J connectivity index is 2.01. The van der Waals surface area contributed by atoms with Crippen molar-refractivity contribution in [2.45, 2.75) is 18.6 Å². The largest absolute Gasteiger partial charge is 0.490 e. The summed E-state index contributed by atoms with van der Waals surface area (Å²) < 4.78 is 35.7. The van der Waals surface area contributed by atoms with Gasteiger partial charge in [-0.05, 0) is 18.6 Å². The summed E-state index contributed by atoms with van der Waals surface area (Å²) in [6, 6.07) is 3.37. The summed E-state index contributed by atoms with van der Waals surface area (Å²) in [4.78, 5) is 3.95. The van der Waals surface area contributed by atoms with Gasteiger partial charge in [0.1, 0.15) is 12.4 Å². The summed E-state index contributed by atoms with van der Waals surface area (Å²) in [5.41, 5.74) is 0. The van der Waals surface area contributed by atoms with Gasteiger partial charge in [-0.3, -0.25) is 4.98 Å². The van der Waals surface area contributed by atoms with Crippen LogP contribution >= 0.6 is 0 Å². The van der Waals surface area contributed by atoms with Crippen LogP contribution in [-0.4, -0.2) is 56.4 Å². The normalized spacial score (nSPS) is 24.5. The highest BCUT2D eigenvalue weighted by atomic mass is 32.2. The predicted octanol–water partition coefficient (Wildman–Crippen LogP) is 0.509. The molecule has 0 amide bonds. The molecule has 2 rings (SSSR count). The molecule has 0 aromatic carbocycles. The van der Waals surface area contributed by atoms with Crippen LogP contribution in [0.1, 0.15) is 6.42 Å².